The molecule has 0 radical (unpaired) electrons. The van der Waals surface area contributed by atoms with Crippen LogP contribution in [-0.2, 0) is 19.1 Å². The number of carbonyl (C=O) groups excluding carboxylic acids is 5. The molecular formula is C40H54N8O8. The Morgan fingerprint density at radius 2 is 1.20 bits per heavy atom. The molecule has 0 bridgehead atoms. The second-order valence-electron chi connectivity index (χ2n) is 12.8. The van der Waals surface area contributed by atoms with Gasteiger partial charge in [-0.05, 0) is 107 Å². The molecule has 0 saturated carbocycles. The molecule has 1 unspecified atom stereocenters. The Bertz CT molecular complexity index is 1930. The number of amides is 2. The van der Waals surface area contributed by atoms with Crippen LogP contribution in [0.5, 0.6) is 0 Å². The Balaban J connectivity index is 0.000000387. The minimum atomic E-state index is -1.19. The first-order valence-electron chi connectivity index (χ1n) is 18.7. The summed E-state index contributed by atoms with van der Waals surface area (Å²) in [6.45, 7) is 15.5. The van der Waals surface area contributed by atoms with Crippen molar-refractivity contribution in [3.05, 3.63) is 87.8 Å². The van der Waals surface area contributed by atoms with Crippen molar-refractivity contribution in [2.75, 3.05) is 68.8 Å². The van der Waals surface area contributed by atoms with Crippen molar-refractivity contribution in [2.24, 2.45) is 5.73 Å². The number of nitrogen functional groups attached to an aromatic ring is 1. The minimum Gasteiger partial charge on any atom is -0.462 e. The van der Waals surface area contributed by atoms with Gasteiger partial charge in [0.1, 0.15) is 6.04 Å². The number of anilines is 3. The van der Waals surface area contributed by atoms with Crippen molar-refractivity contribution in [2.45, 2.75) is 53.5 Å². The molecule has 1 aromatic heterocycles. The van der Waals surface area contributed by atoms with Crippen LogP contribution in [0.1, 0.15) is 78.5 Å². The minimum absolute atomic E-state index is 0.165. The fourth-order valence-electron chi connectivity index (χ4n) is 5.44. The number of fused-ring (bicyclic) bond motifs is 1. The number of imidazole rings is 1. The predicted octanol–water partition coefficient (Wildman–Crippen LogP) is 4.01. The Morgan fingerprint density at radius 1 is 0.679 bits per heavy atom. The predicted molar refractivity (Wildman–Crippen MR) is 217 cm³/mol. The molecule has 16 heteroatoms. The summed E-state index contributed by atoms with van der Waals surface area (Å²) in [5.41, 5.74) is 14.0. The summed E-state index contributed by atoms with van der Waals surface area (Å²) in [6.07, 6.45) is 1.39. The number of hydrogen-bond acceptors (Lipinski definition) is 12. The van der Waals surface area contributed by atoms with Gasteiger partial charge >= 0.3 is 17.6 Å². The molecule has 0 aliphatic rings. The molecule has 3 aromatic carbocycles. The zero-order valence-electron chi connectivity index (χ0n) is 32.7. The van der Waals surface area contributed by atoms with Crippen LogP contribution in [0.25, 0.3) is 11.0 Å². The van der Waals surface area contributed by atoms with E-state index in [-0.39, 0.29) is 30.0 Å². The van der Waals surface area contributed by atoms with Crippen molar-refractivity contribution in [3.8, 4) is 0 Å². The number of ether oxygens (including phenoxy) is 2. The number of nitrogens with one attached hydrogen (secondary N) is 4. The number of aromatic nitrogens is 2. The lowest BCUT2D eigenvalue weighted by atomic mass is 10.1. The van der Waals surface area contributed by atoms with E-state index in [2.05, 4.69) is 58.1 Å². The lowest BCUT2D eigenvalue weighted by Gasteiger charge is -2.18. The molecule has 0 fully saturated rings. The van der Waals surface area contributed by atoms with Crippen molar-refractivity contribution >= 4 is 57.6 Å². The number of carbonyl (C=O) groups is 5. The maximum absolute atomic E-state index is 12.8. The fourth-order valence-corrected chi connectivity index (χ4v) is 5.44. The first-order valence-corrected chi connectivity index (χ1v) is 18.7. The fraction of sp³-hybridized carbons (Fsp3) is 0.400. The molecule has 0 aliphatic carbocycles. The van der Waals surface area contributed by atoms with Crippen LogP contribution in [0.4, 0.5) is 17.1 Å². The maximum atomic E-state index is 12.8. The molecule has 56 heavy (non-hydrogen) atoms. The highest BCUT2D eigenvalue weighted by molar-refractivity contribution is 6.10. The summed E-state index contributed by atoms with van der Waals surface area (Å²) >= 11 is 0. The van der Waals surface area contributed by atoms with E-state index in [1.165, 1.54) is 25.1 Å². The molecule has 8 N–H and O–H groups in total. The van der Waals surface area contributed by atoms with E-state index in [1.807, 2.05) is 0 Å². The summed E-state index contributed by atoms with van der Waals surface area (Å²) in [5.74, 6) is -2.52. The van der Waals surface area contributed by atoms with Crippen LogP contribution in [-0.4, -0.2) is 108 Å². The highest BCUT2D eigenvalue weighted by atomic mass is 16.5. The van der Waals surface area contributed by atoms with Gasteiger partial charge in [-0.1, -0.05) is 27.7 Å². The van der Waals surface area contributed by atoms with Gasteiger partial charge in [0.25, 0.3) is 5.91 Å². The van der Waals surface area contributed by atoms with Gasteiger partial charge in [0.2, 0.25) is 5.91 Å². The molecule has 4 rings (SSSR count). The number of nitrogens with zero attached hydrogens (tertiary/aromatic N) is 2. The molecule has 1 atom stereocenters. The first-order chi connectivity index (χ1) is 26.8. The van der Waals surface area contributed by atoms with Gasteiger partial charge in [0, 0.05) is 35.7 Å². The summed E-state index contributed by atoms with van der Waals surface area (Å²) in [5, 5.41) is 5.26. The molecule has 1 heterocycles. The number of nitrogens with two attached hydrogens (primary N) is 2. The molecule has 0 spiro atoms. The number of H-pyrrole nitrogens is 2. The van der Waals surface area contributed by atoms with Crippen molar-refractivity contribution in [3.63, 3.8) is 0 Å². The van der Waals surface area contributed by atoms with Gasteiger partial charge in [0.05, 0.1) is 35.4 Å². The van der Waals surface area contributed by atoms with Crippen molar-refractivity contribution in [1.29, 1.82) is 0 Å². The standard InChI is InChI=1S/C29H42N4O5.C11H12N4O3/c1-5-32(6-2)15-9-17-37-28(35)23-19-24(29(36)38-18-10-16-33(7-3)8-4)21-26(20-23)31-27(34)22-11-13-25(30)14-12-22;1-5(16)9(12)10(17)13-6-2-3-7-8(4-6)15-11(18)14-7/h11-14,19-21H,5-10,15-18,30H2,1-4H3,(H,31,34);2-4,9H,12H2,1H3,(H,13,17)(H2,14,15,18). The van der Waals surface area contributed by atoms with Crippen LogP contribution in [0.3, 0.4) is 0 Å². The highest BCUT2D eigenvalue weighted by Gasteiger charge is 2.19. The number of ketones is 1. The van der Waals surface area contributed by atoms with Gasteiger partial charge in [0.15, 0.2) is 5.78 Å². The monoisotopic (exact) mass is 774 g/mol. The van der Waals surface area contributed by atoms with E-state index in [0.717, 1.165) is 39.3 Å². The van der Waals surface area contributed by atoms with Crippen LogP contribution in [0.15, 0.2) is 65.5 Å². The number of esters is 2. The van der Waals surface area contributed by atoms with E-state index in [9.17, 15) is 28.8 Å². The number of Topliss-reactive ketones (excluding diaryl/α,β-unsaturated/α-hetero) is 1. The molecule has 4 aromatic rings. The van der Waals surface area contributed by atoms with E-state index in [0.29, 0.717) is 46.5 Å². The third-order valence-electron chi connectivity index (χ3n) is 8.83. The van der Waals surface area contributed by atoms with Crippen LogP contribution in [0, 0.1) is 0 Å². The van der Waals surface area contributed by atoms with Crippen LogP contribution >= 0.6 is 0 Å². The van der Waals surface area contributed by atoms with Gasteiger partial charge in [-0.2, -0.15) is 0 Å². The number of benzene rings is 3. The van der Waals surface area contributed by atoms with Crippen LogP contribution < -0.4 is 27.8 Å². The smallest absolute Gasteiger partial charge is 0.338 e. The zero-order chi connectivity index (χ0) is 41.2. The Morgan fingerprint density at radius 3 is 1.70 bits per heavy atom. The number of hydrogen-bond donors (Lipinski definition) is 6. The first kappa shape index (κ1) is 44.6. The molecule has 0 saturated heterocycles. The van der Waals surface area contributed by atoms with Gasteiger partial charge in [-0.25, -0.2) is 14.4 Å². The molecule has 16 nitrogen and oxygen atoms in total. The molecule has 2 amide bonds. The largest absolute Gasteiger partial charge is 0.462 e. The lowest BCUT2D eigenvalue weighted by Crippen LogP contribution is -2.41. The van der Waals surface area contributed by atoms with Crippen LogP contribution in [0.2, 0.25) is 0 Å². The Kier molecular flexibility index (Phi) is 17.9. The highest BCUT2D eigenvalue weighted by Crippen LogP contribution is 2.19. The van der Waals surface area contributed by atoms with E-state index < -0.39 is 35.6 Å². The van der Waals surface area contributed by atoms with Gasteiger partial charge < -0.3 is 51.3 Å². The number of aromatic amines is 2. The van der Waals surface area contributed by atoms with Crippen molar-refractivity contribution in [1.82, 2.24) is 19.8 Å². The molecular weight excluding hydrogens is 720 g/mol. The quantitative estimate of drug-likeness (QED) is 0.0343. The summed E-state index contributed by atoms with van der Waals surface area (Å²) < 4.78 is 10.9. The Labute approximate surface area is 326 Å². The molecule has 302 valence electrons. The molecule has 0 aliphatic heterocycles. The SMILES string of the molecule is CC(=O)C(N)C(=O)Nc1ccc2[nH]c(=O)[nH]c2c1.CCN(CC)CCCOC(=O)c1cc(NC(=O)c2ccc(N)cc2)cc(C(=O)OCCCN(CC)CC)c1. The maximum Gasteiger partial charge on any atom is 0.338 e. The average molecular weight is 775 g/mol. The number of rotatable bonds is 19. The van der Waals surface area contributed by atoms with E-state index in [1.54, 1.807) is 42.5 Å². The second-order valence-corrected chi connectivity index (χ2v) is 12.8. The normalized spacial score (nSPS) is 11.4. The second kappa shape index (κ2) is 22.5. The van der Waals surface area contributed by atoms with Gasteiger partial charge in [-0.3, -0.25) is 14.4 Å². The van der Waals surface area contributed by atoms with Gasteiger partial charge in [-0.15, -0.1) is 0 Å². The average Bonchev–Trinajstić information content (AvgIpc) is 3.57. The lowest BCUT2D eigenvalue weighted by molar-refractivity contribution is -0.126. The summed E-state index contributed by atoms with van der Waals surface area (Å²) in [6, 6.07) is 14.5. The Hall–Kier alpha value is -5.84. The van der Waals surface area contributed by atoms with E-state index in [4.69, 9.17) is 20.9 Å². The third kappa shape index (κ3) is 14.1. The summed E-state index contributed by atoms with van der Waals surface area (Å²) in [4.78, 5) is 81.6. The van der Waals surface area contributed by atoms with E-state index >= 15 is 0 Å². The van der Waals surface area contributed by atoms with Crippen molar-refractivity contribution < 1.29 is 33.4 Å². The zero-order valence-corrected chi connectivity index (χ0v) is 32.7. The summed E-state index contributed by atoms with van der Waals surface area (Å²) in [7, 11) is 0. The third-order valence-corrected chi connectivity index (χ3v) is 8.83. The topological polar surface area (TPSA) is 235 Å².